The summed E-state index contributed by atoms with van der Waals surface area (Å²) >= 11 is 0. The Kier molecular flexibility index (Phi) is 5.86. The number of fused-ring (bicyclic) bond motifs is 1. The Morgan fingerprint density at radius 2 is 1.41 bits per heavy atom. The van der Waals surface area contributed by atoms with Gasteiger partial charge in [0.1, 0.15) is 11.6 Å². The standard InChI is InChI=1S/C28H22N4O2/c1-34-23-17-15-22(16-18-23)30-28(33)20-11-13-21(14-12-20)29-27-24-9-5-6-10-25(24)31-26(32-27)19-7-3-2-4-8-19/h2-18H,1H3,(H,30,33)(H,29,31,32). The van der Waals surface area contributed by atoms with Gasteiger partial charge < -0.3 is 15.4 Å². The number of hydrogen-bond donors (Lipinski definition) is 2. The van der Waals surface area contributed by atoms with Gasteiger partial charge in [0.05, 0.1) is 12.6 Å². The third kappa shape index (κ3) is 4.56. The summed E-state index contributed by atoms with van der Waals surface area (Å²) in [5, 5.41) is 7.20. The van der Waals surface area contributed by atoms with E-state index >= 15 is 0 Å². The maximum absolute atomic E-state index is 12.6. The Hall–Kier alpha value is -4.71. The molecule has 0 aliphatic rings. The average Bonchev–Trinajstić information content (AvgIpc) is 2.90. The summed E-state index contributed by atoms with van der Waals surface area (Å²) in [7, 11) is 1.61. The second-order valence-electron chi connectivity index (χ2n) is 7.66. The van der Waals surface area contributed by atoms with E-state index in [-0.39, 0.29) is 5.91 Å². The highest BCUT2D eigenvalue weighted by Crippen LogP contribution is 2.27. The molecule has 6 heteroatoms. The second-order valence-corrected chi connectivity index (χ2v) is 7.66. The van der Waals surface area contributed by atoms with Gasteiger partial charge in [-0.25, -0.2) is 9.97 Å². The fourth-order valence-corrected chi connectivity index (χ4v) is 3.61. The van der Waals surface area contributed by atoms with Gasteiger partial charge in [-0.15, -0.1) is 0 Å². The van der Waals surface area contributed by atoms with E-state index in [0.29, 0.717) is 22.9 Å². The maximum atomic E-state index is 12.6. The molecule has 1 amide bonds. The number of ether oxygens (including phenoxy) is 1. The van der Waals surface area contributed by atoms with E-state index in [2.05, 4.69) is 10.6 Å². The first-order chi connectivity index (χ1) is 16.7. The highest BCUT2D eigenvalue weighted by molar-refractivity contribution is 6.04. The number of carbonyl (C=O) groups excluding carboxylic acids is 1. The predicted octanol–water partition coefficient (Wildman–Crippen LogP) is 6.30. The van der Waals surface area contributed by atoms with Crippen LogP contribution in [0, 0.1) is 0 Å². The van der Waals surface area contributed by atoms with Crippen molar-refractivity contribution < 1.29 is 9.53 Å². The number of carbonyl (C=O) groups is 1. The molecule has 1 aromatic heterocycles. The number of benzene rings is 4. The van der Waals surface area contributed by atoms with E-state index in [1.807, 2.05) is 66.7 Å². The van der Waals surface area contributed by atoms with Crippen LogP contribution in [-0.4, -0.2) is 23.0 Å². The molecule has 2 N–H and O–H groups in total. The zero-order chi connectivity index (χ0) is 23.3. The van der Waals surface area contributed by atoms with Crippen molar-refractivity contribution in [3.05, 3.63) is 109 Å². The molecule has 1 heterocycles. The third-order valence-corrected chi connectivity index (χ3v) is 5.39. The smallest absolute Gasteiger partial charge is 0.255 e. The molecule has 0 unspecified atom stereocenters. The highest BCUT2D eigenvalue weighted by atomic mass is 16.5. The number of nitrogens with zero attached hydrogens (tertiary/aromatic N) is 2. The van der Waals surface area contributed by atoms with E-state index in [0.717, 1.165) is 27.9 Å². The molecule has 0 aliphatic carbocycles. The average molecular weight is 447 g/mol. The monoisotopic (exact) mass is 446 g/mol. The summed E-state index contributed by atoms with van der Waals surface area (Å²) < 4.78 is 5.15. The summed E-state index contributed by atoms with van der Waals surface area (Å²) in [6.07, 6.45) is 0. The van der Waals surface area contributed by atoms with Crippen LogP contribution in [0.5, 0.6) is 5.75 Å². The van der Waals surface area contributed by atoms with Crippen LogP contribution in [0.2, 0.25) is 0 Å². The van der Waals surface area contributed by atoms with Crippen LogP contribution in [0.25, 0.3) is 22.3 Å². The Bertz CT molecular complexity index is 1430. The van der Waals surface area contributed by atoms with E-state index < -0.39 is 0 Å². The Morgan fingerprint density at radius 3 is 2.15 bits per heavy atom. The lowest BCUT2D eigenvalue weighted by Crippen LogP contribution is -2.11. The molecule has 0 spiro atoms. The fourth-order valence-electron chi connectivity index (χ4n) is 3.61. The molecule has 0 fully saturated rings. The van der Waals surface area contributed by atoms with Crippen molar-refractivity contribution in [3.8, 4) is 17.1 Å². The molecule has 0 saturated carbocycles. The molecule has 0 atom stereocenters. The molecule has 0 radical (unpaired) electrons. The summed E-state index contributed by atoms with van der Waals surface area (Å²) in [5.74, 6) is 1.91. The molecule has 6 nitrogen and oxygen atoms in total. The fraction of sp³-hybridized carbons (Fsp3) is 0.0357. The van der Waals surface area contributed by atoms with Crippen LogP contribution >= 0.6 is 0 Å². The molecule has 5 rings (SSSR count). The summed E-state index contributed by atoms with van der Waals surface area (Å²) in [4.78, 5) is 22.1. The first-order valence-electron chi connectivity index (χ1n) is 10.8. The van der Waals surface area contributed by atoms with E-state index in [9.17, 15) is 4.79 Å². The van der Waals surface area contributed by atoms with Crippen LogP contribution in [0.1, 0.15) is 10.4 Å². The number of rotatable bonds is 6. The number of anilines is 3. The van der Waals surface area contributed by atoms with Crippen molar-refractivity contribution in [2.75, 3.05) is 17.7 Å². The molecule has 166 valence electrons. The lowest BCUT2D eigenvalue weighted by molar-refractivity contribution is 0.102. The van der Waals surface area contributed by atoms with Gasteiger partial charge in [-0.3, -0.25) is 4.79 Å². The largest absolute Gasteiger partial charge is 0.497 e. The van der Waals surface area contributed by atoms with Crippen molar-refractivity contribution in [3.63, 3.8) is 0 Å². The normalized spacial score (nSPS) is 10.6. The van der Waals surface area contributed by atoms with Gasteiger partial charge in [0, 0.05) is 27.9 Å². The number of methoxy groups -OCH3 is 1. The zero-order valence-electron chi connectivity index (χ0n) is 18.5. The SMILES string of the molecule is COc1ccc(NC(=O)c2ccc(Nc3nc(-c4ccccc4)nc4ccccc34)cc2)cc1. The lowest BCUT2D eigenvalue weighted by Gasteiger charge is -2.12. The van der Waals surface area contributed by atoms with Gasteiger partial charge in [-0.2, -0.15) is 0 Å². The van der Waals surface area contributed by atoms with Crippen molar-refractivity contribution in [1.82, 2.24) is 9.97 Å². The van der Waals surface area contributed by atoms with E-state index in [4.69, 9.17) is 14.7 Å². The summed E-state index contributed by atoms with van der Waals surface area (Å²) in [6.45, 7) is 0. The van der Waals surface area contributed by atoms with Gasteiger partial charge in [0.2, 0.25) is 0 Å². The van der Waals surface area contributed by atoms with Crippen molar-refractivity contribution in [2.45, 2.75) is 0 Å². The molecule has 4 aromatic carbocycles. The Morgan fingerprint density at radius 1 is 0.735 bits per heavy atom. The molecule has 5 aromatic rings. The molecular weight excluding hydrogens is 424 g/mol. The van der Waals surface area contributed by atoms with Crippen LogP contribution in [0.3, 0.4) is 0 Å². The number of nitrogens with one attached hydrogen (secondary N) is 2. The first kappa shape index (κ1) is 21.2. The van der Waals surface area contributed by atoms with Crippen LogP contribution in [0.4, 0.5) is 17.2 Å². The molecular formula is C28H22N4O2. The predicted molar refractivity (Wildman–Crippen MR) is 136 cm³/mol. The lowest BCUT2D eigenvalue weighted by atomic mass is 10.1. The molecule has 0 bridgehead atoms. The number of amides is 1. The number of aromatic nitrogens is 2. The quantitative estimate of drug-likeness (QED) is 0.320. The minimum Gasteiger partial charge on any atom is -0.497 e. The van der Waals surface area contributed by atoms with Gasteiger partial charge in [-0.05, 0) is 60.7 Å². The van der Waals surface area contributed by atoms with Gasteiger partial charge in [-0.1, -0.05) is 42.5 Å². The van der Waals surface area contributed by atoms with E-state index in [1.165, 1.54) is 0 Å². The number of para-hydroxylation sites is 1. The first-order valence-corrected chi connectivity index (χ1v) is 10.8. The van der Waals surface area contributed by atoms with Crippen molar-refractivity contribution in [1.29, 1.82) is 0 Å². The minimum absolute atomic E-state index is 0.185. The van der Waals surface area contributed by atoms with Crippen LogP contribution in [0.15, 0.2) is 103 Å². The topological polar surface area (TPSA) is 76.1 Å². The third-order valence-electron chi connectivity index (χ3n) is 5.39. The van der Waals surface area contributed by atoms with Crippen LogP contribution < -0.4 is 15.4 Å². The molecule has 34 heavy (non-hydrogen) atoms. The van der Waals surface area contributed by atoms with E-state index in [1.54, 1.807) is 43.5 Å². The highest BCUT2D eigenvalue weighted by Gasteiger charge is 2.11. The van der Waals surface area contributed by atoms with Crippen LogP contribution in [-0.2, 0) is 0 Å². The van der Waals surface area contributed by atoms with Crippen molar-refractivity contribution >= 4 is 34.0 Å². The second kappa shape index (κ2) is 9.42. The van der Waals surface area contributed by atoms with Gasteiger partial charge in [0.25, 0.3) is 5.91 Å². The van der Waals surface area contributed by atoms with Crippen molar-refractivity contribution in [2.24, 2.45) is 0 Å². The van der Waals surface area contributed by atoms with Gasteiger partial charge >= 0.3 is 0 Å². The maximum Gasteiger partial charge on any atom is 0.255 e. The number of hydrogen-bond acceptors (Lipinski definition) is 5. The summed E-state index contributed by atoms with van der Waals surface area (Å²) in [6, 6.07) is 32.3. The zero-order valence-corrected chi connectivity index (χ0v) is 18.5. The molecule has 0 aliphatic heterocycles. The molecule has 0 saturated heterocycles. The van der Waals surface area contributed by atoms with Gasteiger partial charge in [0.15, 0.2) is 5.82 Å². The summed E-state index contributed by atoms with van der Waals surface area (Å²) in [5.41, 5.74) is 3.88. The Balaban J connectivity index is 1.38. The minimum atomic E-state index is -0.185. The Labute approximate surface area is 197 Å².